The molecule has 25 heavy (non-hydrogen) atoms. The second-order valence-electron chi connectivity index (χ2n) is 6.90. The van der Waals surface area contributed by atoms with Gasteiger partial charge in [0.25, 0.3) is 0 Å². The van der Waals surface area contributed by atoms with Crippen LogP contribution in [0.5, 0.6) is 0 Å². The molecule has 0 bridgehead atoms. The van der Waals surface area contributed by atoms with E-state index >= 15 is 0 Å². The van der Waals surface area contributed by atoms with Crippen molar-refractivity contribution in [3.05, 3.63) is 11.6 Å². The molecule has 142 valence electrons. The van der Waals surface area contributed by atoms with Gasteiger partial charge in [0.05, 0.1) is 0 Å². The first-order valence-corrected chi connectivity index (χ1v) is 9.17. The number of ether oxygens (including phenoxy) is 1. The van der Waals surface area contributed by atoms with Gasteiger partial charge in [-0.1, -0.05) is 0 Å². The summed E-state index contributed by atoms with van der Waals surface area (Å²) in [5.74, 6) is 4.45. The average Bonchev–Trinajstić information content (AvgIpc) is 2.99. The van der Waals surface area contributed by atoms with Crippen LogP contribution < -0.4 is 10.6 Å². The van der Waals surface area contributed by atoms with Crippen molar-refractivity contribution < 1.29 is 4.74 Å². The minimum absolute atomic E-state index is 0. The highest BCUT2D eigenvalue weighted by Gasteiger charge is 2.21. The third-order valence-corrected chi connectivity index (χ3v) is 5.20. The predicted octanol–water partition coefficient (Wildman–Crippen LogP) is 1.75. The highest BCUT2D eigenvalue weighted by molar-refractivity contribution is 14.0. The standard InChI is InChI=1S/C17H30N6O.HI/c1-13-21-22-16-4-3-15(12-23(13)16)11-20-17(18-2)19-8-5-14-6-9-24-10-7-14;/h14-15H,3-12H2,1-2H3,(H2,18,19,20);1H. The van der Waals surface area contributed by atoms with E-state index in [2.05, 4.69) is 30.4 Å². The first-order chi connectivity index (χ1) is 11.8. The van der Waals surface area contributed by atoms with E-state index in [0.717, 1.165) is 69.2 Å². The van der Waals surface area contributed by atoms with Gasteiger partial charge in [-0.15, -0.1) is 34.2 Å². The van der Waals surface area contributed by atoms with Gasteiger partial charge in [-0.25, -0.2) is 0 Å². The first-order valence-electron chi connectivity index (χ1n) is 9.17. The lowest BCUT2D eigenvalue weighted by Crippen LogP contribution is -2.42. The number of aryl methyl sites for hydroxylation is 2. The molecule has 2 aliphatic heterocycles. The van der Waals surface area contributed by atoms with Crippen molar-refractivity contribution >= 4 is 29.9 Å². The summed E-state index contributed by atoms with van der Waals surface area (Å²) in [4.78, 5) is 4.35. The van der Waals surface area contributed by atoms with Crippen molar-refractivity contribution in [2.24, 2.45) is 16.8 Å². The Morgan fingerprint density at radius 2 is 2.00 bits per heavy atom. The van der Waals surface area contributed by atoms with E-state index in [-0.39, 0.29) is 24.0 Å². The van der Waals surface area contributed by atoms with Crippen LogP contribution in [0.1, 0.15) is 37.3 Å². The number of guanidine groups is 1. The monoisotopic (exact) mass is 462 g/mol. The van der Waals surface area contributed by atoms with Crippen molar-refractivity contribution in [1.29, 1.82) is 0 Å². The minimum atomic E-state index is 0. The first kappa shape index (κ1) is 20.4. The van der Waals surface area contributed by atoms with E-state index in [0.29, 0.717) is 5.92 Å². The van der Waals surface area contributed by atoms with Crippen LogP contribution in [0.25, 0.3) is 0 Å². The molecule has 3 rings (SSSR count). The molecule has 1 aromatic heterocycles. The fourth-order valence-corrected chi connectivity index (χ4v) is 3.59. The molecule has 7 nitrogen and oxygen atoms in total. The summed E-state index contributed by atoms with van der Waals surface area (Å²) in [5, 5.41) is 15.3. The number of aromatic nitrogens is 3. The van der Waals surface area contributed by atoms with Crippen LogP contribution in [-0.2, 0) is 17.7 Å². The summed E-state index contributed by atoms with van der Waals surface area (Å²) in [6.07, 6.45) is 5.75. The molecule has 0 saturated carbocycles. The maximum absolute atomic E-state index is 5.41. The highest BCUT2D eigenvalue weighted by atomic mass is 127. The zero-order valence-corrected chi connectivity index (χ0v) is 17.7. The van der Waals surface area contributed by atoms with Crippen LogP contribution in [0, 0.1) is 18.8 Å². The molecule has 3 heterocycles. The molecule has 2 N–H and O–H groups in total. The summed E-state index contributed by atoms with van der Waals surface area (Å²) in [6, 6.07) is 0. The molecule has 0 aliphatic carbocycles. The summed E-state index contributed by atoms with van der Waals surface area (Å²) < 4.78 is 7.66. The van der Waals surface area contributed by atoms with Crippen molar-refractivity contribution in [2.45, 2.75) is 45.6 Å². The Morgan fingerprint density at radius 1 is 1.20 bits per heavy atom. The maximum Gasteiger partial charge on any atom is 0.190 e. The molecular weight excluding hydrogens is 431 g/mol. The van der Waals surface area contributed by atoms with Crippen molar-refractivity contribution in [3.63, 3.8) is 0 Å². The molecule has 0 aromatic carbocycles. The van der Waals surface area contributed by atoms with Gasteiger partial charge in [0.1, 0.15) is 11.6 Å². The van der Waals surface area contributed by atoms with Crippen LogP contribution in [0.3, 0.4) is 0 Å². The molecule has 0 spiro atoms. The summed E-state index contributed by atoms with van der Waals surface area (Å²) in [6.45, 7) is 6.79. The van der Waals surface area contributed by atoms with Crippen LogP contribution in [-0.4, -0.2) is 54.1 Å². The average molecular weight is 462 g/mol. The van der Waals surface area contributed by atoms with E-state index in [4.69, 9.17) is 4.74 Å². The Kier molecular flexibility index (Phi) is 8.41. The fraction of sp³-hybridized carbons (Fsp3) is 0.824. The predicted molar refractivity (Wildman–Crippen MR) is 110 cm³/mol. The highest BCUT2D eigenvalue weighted by Crippen LogP contribution is 2.19. The quantitative estimate of drug-likeness (QED) is 0.396. The number of hydrogen-bond donors (Lipinski definition) is 2. The molecule has 1 fully saturated rings. The smallest absolute Gasteiger partial charge is 0.190 e. The van der Waals surface area contributed by atoms with Gasteiger partial charge < -0.3 is 19.9 Å². The van der Waals surface area contributed by atoms with Crippen LogP contribution >= 0.6 is 24.0 Å². The lowest BCUT2D eigenvalue weighted by molar-refractivity contribution is 0.0643. The molecule has 0 radical (unpaired) electrons. The molecule has 8 heteroatoms. The number of halogens is 1. The van der Waals surface area contributed by atoms with Crippen molar-refractivity contribution in [2.75, 3.05) is 33.4 Å². The number of nitrogens with zero attached hydrogens (tertiary/aromatic N) is 4. The van der Waals surface area contributed by atoms with E-state index < -0.39 is 0 Å². The number of nitrogens with one attached hydrogen (secondary N) is 2. The van der Waals surface area contributed by atoms with E-state index in [1.54, 1.807) is 0 Å². The van der Waals surface area contributed by atoms with Crippen LogP contribution in [0.2, 0.25) is 0 Å². The van der Waals surface area contributed by atoms with Crippen LogP contribution in [0.15, 0.2) is 4.99 Å². The SMILES string of the molecule is CN=C(NCCC1CCOCC1)NCC1CCc2nnc(C)n2C1.I. The van der Waals surface area contributed by atoms with Crippen molar-refractivity contribution in [1.82, 2.24) is 25.4 Å². The second kappa shape index (κ2) is 10.3. The van der Waals surface area contributed by atoms with Gasteiger partial charge in [0.15, 0.2) is 5.96 Å². The number of fused-ring (bicyclic) bond motifs is 1. The molecule has 1 aromatic rings. The Morgan fingerprint density at radius 3 is 2.76 bits per heavy atom. The number of aliphatic imine (C=N–C) groups is 1. The third kappa shape index (κ3) is 5.80. The van der Waals surface area contributed by atoms with Gasteiger partial charge in [0, 0.05) is 46.3 Å². The van der Waals surface area contributed by atoms with E-state index in [1.165, 1.54) is 19.3 Å². The summed E-state index contributed by atoms with van der Waals surface area (Å²) in [7, 11) is 1.84. The normalized spacial score (nSPS) is 21.4. The van der Waals surface area contributed by atoms with Gasteiger partial charge >= 0.3 is 0 Å². The second-order valence-corrected chi connectivity index (χ2v) is 6.90. The third-order valence-electron chi connectivity index (χ3n) is 5.20. The largest absolute Gasteiger partial charge is 0.381 e. The van der Waals surface area contributed by atoms with E-state index in [1.807, 2.05) is 14.0 Å². The van der Waals surface area contributed by atoms with Gasteiger partial charge in [0.2, 0.25) is 0 Å². The topological polar surface area (TPSA) is 76.4 Å². The Balaban J connectivity index is 0.00000225. The van der Waals surface area contributed by atoms with Gasteiger partial charge in [-0.3, -0.25) is 4.99 Å². The Bertz CT molecular complexity index is 555. The maximum atomic E-state index is 5.41. The fourth-order valence-electron chi connectivity index (χ4n) is 3.59. The molecule has 1 atom stereocenters. The minimum Gasteiger partial charge on any atom is -0.381 e. The zero-order valence-electron chi connectivity index (χ0n) is 15.3. The molecule has 1 saturated heterocycles. The molecular formula is C17H31IN6O. The summed E-state index contributed by atoms with van der Waals surface area (Å²) in [5.41, 5.74) is 0. The van der Waals surface area contributed by atoms with Crippen molar-refractivity contribution in [3.8, 4) is 0 Å². The number of hydrogen-bond acceptors (Lipinski definition) is 4. The van der Waals surface area contributed by atoms with Gasteiger partial charge in [-0.05, 0) is 44.4 Å². The lowest BCUT2D eigenvalue weighted by atomic mass is 9.97. The van der Waals surface area contributed by atoms with Crippen LogP contribution in [0.4, 0.5) is 0 Å². The zero-order chi connectivity index (χ0) is 16.8. The Labute approximate surface area is 167 Å². The lowest BCUT2D eigenvalue weighted by Gasteiger charge is -2.25. The van der Waals surface area contributed by atoms with Gasteiger partial charge in [-0.2, -0.15) is 0 Å². The Hall–Kier alpha value is -0.900. The molecule has 1 unspecified atom stereocenters. The number of rotatable bonds is 5. The summed E-state index contributed by atoms with van der Waals surface area (Å²) >= 11 is 0. The molecule has 0 amide bonds. The molecule has 2 aliphatic rings. The van der Waals surface area contributed by atoms with E-state index in [9.17, 15) is 0 Å².